The number of likely N-dealkylation sites (tertiary alicyclic amines) is 1. The molecule has 2 aromatic carbocycles. The number of nitriles is 1. The van der Waals surface area contributed by atoms with E-state index in [9.17, 15) is 19.6 Å². The number of rotatable bonds is 9. The number of piperidine rings is 2. The van der Waals surface area contributed by atoms with Gasteiger partial charge in [0, 0.05) is 130 Å². The first-order valence-electron chi connectivity index (χ1n) is 24.8. The van der Waals surface area contributed by atoms with E-state index in [4.69, 9.17) is 21.4 Å². The molecule has 0 spiro atoms. The summed E-state index contributed by atoms with van der Waals surface area (Å²) in [6.45, 7) is 16.8. The third kappa shape index (κ3) is 8.53. The molecule has 70 heavy (non-hydrogen) atoms. The number of nitrogens with zero attached hydrogens (tertiary/aromatic N) is 11. The normalized spacial score (nSPS) is 21.1. The van der Waals surface area contributed by atoms with Gasteiger partial charge < -0.3 is 29.7 Å². The fourth-order valence-corrected chi connectivity index (χ4v) is 12.6. The standard InChI is InChI=1S/C53H63ClN12O4/c1-32-23-45-35(24-41(32)38-29-58-61(7)30-38)9-8-17-65(45)46-42-31-64(33(2)67)22-16-44(42)66(60-46)39-14-20-62(21-15-39)48(69)34-12-18-63(19-13-34)51-56-27-37(28-57-51)47(68)59-49-52(3,4)50(53(49,5)6)70-40-11-10-36(26-55)43(54)25-40/h10-11,23-25,27-30,34,39,49-50H,8-9,12-22,31H2,1-7H3,(H,59,68). The number of benzene rings is 2. The SMILES string of the molecule is CC(=O)N1CCc2c(c(N3CCCc4cc(-c5cnn(C)c5)c(C)cc43)nn2C2CCN(C(=O)C3CCN(c4ncc(C(=O)NC5C(C)(C)C(Oc6ccc(C#N)c(Cl)c6)C5(C)C)cn4)CC3)CC2)C1. The van der Waals surface area contributed by atoms with E-state index in [-0.39, 0.29) is 41.8 Å². The lowest BCUT2D eigenvalue weighted by molar-refractivity contribution is -0.164. The first kappa shape index (κ1) is 47.2. The molecule has 4 aliphatic heterocycles. The minimum absolute atomic E-state index is 0.0725. The van der Waals surface area contributed by atoms with Gasteiger partial charge in [-0.2, -0.15) is 15.5 Å². The number of amides is 3. The Balaban J connectivity index is 0.748. The van der Waals surface area contributed by atoms with E-state index >= 15 is 0 Å². The van der Waals surface area contributed by atoms with Crippen LogP contribution in [0.3, 0.4) is 0 Å². The molecule has 0 radical (unpaired) electrons. The predicted octanol–water partition coefficient (Wildman–Crippen LogP) is 7.59. The summed E-state index contributed by atoms with van der Waals surface area (Å²) >= 11 is 6.27. The summed E-state index contributed by atoms with van der Waals surface area (Å²) < 4.78 is 10.5. The molecule has 1 aliphatic carbocycles. The number of fused-ring (bicyclic) bond motifs is 2. The molecule has 7 heterocycles. The average molecular weight is 968 g/mol. The van der Waals surface area contributed by atoms with Crippen LogP contribution in [0.1, 0.15) is 111 Å². The van der Waals surface area contributed by atoms with Gasteiger partial charge in [-0.05, 0) is 86.4 Å². The first-order chi connectivity index (χ1) is 33.5. The Kier molecular flexibility index (Phi) is 12.4. The third-order valence-electron chi connectivity index (χ3n) is 15.9. The van der Waals surface area contributed by atoms with Gasteiger partial charge in [-0.3, -0.25) is 23.7 Å². The number of ether oxygens (including phenoxy) is 1. The van der Waals surface area contributed by atoms with Crippen LogP contribution in [0.15, 0.2) is 55.1 Å². The fraction of sp³-hybridized carbons (Fsp3) is 0.509. The van der Waals surface area contributed by atoms with E-state index in [1.807, 2.05) is 22.8 Å². The van der Waals surface area contributed by atoms with Crippen molar-refractivity contribution in [1.82, 2.24) is 44.6 Å². The van der Waals surface area contributed by atoms with Crippen LogP contribution in [0, 0.1) is 35.0 Å². The maximum Gasteiger partial charge on any atom is 0.254 e. The van der Waals surface area contributed by atoms with Gasteiger partial charge in [0.25, 0.3) is 5.91 Å². The van der Waals surface area contributed by atoms with Crippen molar-refractivity contribution in [2.75, 3.05) is 49.1 Å². The lowest BCUT2D eigenvalue weighted by Crippen LogP contribution is -2.74. The molecule has 1 saturated carbocycles. The van der Waals surface area contributed by atoms with E-state index in [1.54, 1.807) is 37.5 Å². The number of aromatic nitrogens is 6. The van der Waals surface area contributed by atoms with Gasteiger partial charge >= 0.3 is 0 Å². The minimum Gasteiger partial charge on any atom is -0.489 e. The minimum atomic E-state index is -0.407. The number of carbonyl (C=O) groups is 3. The average Bonchev–Trinajstić information content (AvgIpc) is 3.97. The Morgan fingerprint density at radius 2 is 1.63 bits per heavy atom. The van der Waals surface area contributed by atoms with E-state index in [1.165, 1.54) is 28.1 Å². The molecular formula is C53H63ClN12O4. The number of hydrogen-bond acceptors (Lipinski definition) is 11. The van der Waals surface area contributed by atoms with Crippen LogP contribution in [-0.2, 0) is 36.0 Å². The van der Waals surface area contributed by atoms with E-state index in [0.29, 0.717) is 80.0 Å². The molecular weight excluding hydrogens is 904 g/mol. The molecule has 0 unspecified atom stereocenters. The van der Waals surface area contributed by atoms with Crippen LogP contribution >= 0.6 is 11.6 Å². The summed E-state index contributed by atoms with van der Waals surface area (Å²) in [5.74, 6) is 2.05. The largest absolute Gasteiger partial charge is 0.489 e. The lowest BCUT2D eigenvalue weighted by Gasteiger charge is -2.63. The molecule has 0 atom stereocenters. The molecule has 3 amide bonds. The summed E-state index contributed by atoms with van der Waals surface area (Å²) in [5.41, 5.74) is 8.31. The van der Waals surface area contributed by atoms with Gasteiger partial charge in [-0.15, -0.1) is 0 Å². The van der Waals surface area contributed by atoms with Gasteiger partial charge in [0.05, 0.1) is 34.9 Å². The van der Waals surface area contributed by atoms with Crippen molar-refractivity contribution in [2.24, 2.45) is 23.8 Å². The molecule has 3 fully saturated rings. The molecule has 1 N–H and O–H groups in total. The number of nitrogens with one attached hydrogen (secondary N) is 1. The molecule has 10 rings (SSSR count). The summed E-state index contributed by atoms with van der Waals surface area (Å²) in [6, 6.07) is 11.7. The van der Waals surface area contributed by atoms with Crippen LogP contribution in [0.5, 0.6) is 5.75 Å². The number of halogens is 1. The topological polar surface area (TPSA) is 171 Å². The molecule has 5 aromatic rings. The third-order valence-corrected chi connectivity index (χ3v) is 16.2. The molecule has 5 aliphatic rings. The van der Waals surface area contributed by atoms with Crippen LogP contribution in [0.2, 0.25) is 5.02 Å². The molecule has 17 heteroatoms. The first-order valence-corrected chi connectivity index (χ1v) is 25.2. The highest BCUT2D eigenvalue weighted by Gasteiger charge is 2.64. The van der Waals surface area contributed by atoms with Crippen molar-refractivity contribution < 1.29 is 19.1 Å². The van der Waals surface area contributed by atoms with Crippen molar-refractivity contribution in [3.05, 3.63) is 93.7 Å². The highest BCUT2D eigenvalue weighted by Crippen LogP contribution is 2.56. The highest BCUT2D eigenvalue weighted by atomic mass is 35.5. The van der Waals surface area contributed by atoms with Crippen molar-refractivity contribution in [2.45, 2.75) is 111 Å². The van der Waals surface area contributed by atoms with E-state index < -0.39 is 10.8 Å². The van der Waals surface area contributed by atoms with Crippen molar-refractivity contribution in [3.63, 3.8) is 0 Å². The van der Waals surface area contributed by atoms with E-state index in [2.05, 4.69) is 98.8 Å². The van der Waals surface area contributed by atoms with Crippen molar-refractivity contribution in [3.8, 4) is 22.9 Å². The summed E-state index contributed by atoms with van der Waals surface area (Å²) in [4.78, 5) is 58.0. The van der Waals surface area contributed by atoms with Crippen LogP contribution in [0.4, 0.5) is 17.5 Å². The smallest absolute Gasteiger partial charge is 0.254 e. The zero-order valence-electron chi connectivity index (χ0n) is 41.3. The van der Waals surface area contributed by atoms with Gasteiger partial charge in [0.2, 0.25) is 17.8 Å². The Bertz CT molecular complexity index is 2870. The molecule has 3 aromatic heterocycles. The Morgan fingerprint density at radius 3 is 2.29 bits per heavy atom. The second kappa shape index (κ2) is 18.4. The van der Waals surface area contributed by atoms with Gasteiger partial charge in [0.1, 0.15) is 17.9 Å². The number of carbonyl (C=O) groups excluding carboxylic acids is 3. The Hall–Kier alpha value is -6.47. The summed E-state index contributed by atoms with van der Waals surface area (Å²) in [6.07, 6.45) is 12.7. The van der Waals surface area contributed by atoms with Crippen molar-refractivity contribution in [1.29, 1.82) is 5.26 Å². The van der Waals surface area contributed by atoms with E-state index in [0.717, 1.165) is 55.6 Å². The van der Waals surface area contributed by atoms with Gasteiger partial charge in [-0.1, -0.05) is 39.3 Å². The molecule has 0 bridgehead atoms. The molecule has 2 saturated heterocycles. The van der Waals surface area contributed by atoms with Gasteiger partial charge in [-0.25, -0.2) is 9.97 Å². The Labute approximate surface area is 414 Å². The maximum atomic E-state index is 14.1. The monoisotopic (exact) mass is 966 g/mol. The fourth-order valence-electron chi connectivity index (χ4n) is 12.4. The quantitative estimate of drug-likeness (QED) is 0.154. The number of anilines is 3. The van der Waals surface area contributed by atoms with Crippen LogP contribution < -0.4 is 19.9 Å². The predicted molar refractivity (Wildman–Crippen MR) is 267 cm³/mol. The van der Waals surface area contributed by atoms with Gasteiger partial charge in [0.15, 0.2) is 5.82 Å². The van der Waals surface area contributed by atoms with Crippen LogP contribution in [0.25, 0.3) is 11.1 Å². The summed E-state index contributed by atoms with van der Waals surface area (Å²) in [5, 5.41) is 22.7. The summed E-state index contributed by atoms with van der Waals surface area (Å²) in [7, 11) is 1.95. The maximum absolute atomic E-state index is 14.1. The Morgan fingerprint density at radius 1 is 0.900 bits per heavy atom. The number of aryl methyl sites for hydroxylation is 3. The highest BCUT2D eigenvalue weighted by molar-refractivity contribution is 6.31. The second-order valence-electron chi connectivity index (χ2n) is 21.2. The lowest BCUT2D eigenvalue weighted by atomic mass is 9.49. The molecule has 366 valence electrons. The van der Waals surface area contributed by atoms with Crippen molar-refractivity contribution >= 4 is 46.8 Å². The zero-order chi connectivity index (χ0) is 49.2. The van der Waals surface area contributed by atoms with Crippen LogP contribution in [-0.4, -0.2) is 108 Å². The molecule has 16 nitrogen and oxygen atoms in total. The number of hydrogen-bond donors (Lipinski definition) is 1. The second-order valence-corrected chi connectivity index (χ2v) is 21.6. The zero-order valence-corrected chi connectivity index (χ0v) is 42.1.